The number of hydrogen-bond acceptors (Lipinski definition) is 8. The number of nitrogens with zero attached hydrogens (tertiary/aromatic N) is 3. The number of anilines is 1. The van der Waals surface area contributed by atoms with Crippen molar-refractivity contribution in [3.8, 4) is 0 Å². The number of carbonyl (C=O) groups is 3. The summed E-state index contributed by atoms with van der Waals surface area (Å²) in [5, 5.41) is 3.35. The van der Waals surface area contributed by atoms with E-state index in [0.29, 0.717) is 22.6 Å². The highest BCUT2D eigenvalue weighted by Crippen LogP contribution is 2.45. The third-order valence-corrected chi connectivity index (χ3v) is 8.23. The van der Waals surface area contributed by atoms with Gasteiger partial charge in [0, 0.05) is 49.0 Å². The van der Waals surface area contributed by atoms with Gasteiger partial charge in [-0.15, -0.1) is 0 Å². The van der Waals surface area contributed by atoms with Crippen LogP contribution >= 0.6 is 0 Å². The molecule has 0 spiro atoms. The summed E-state index contributed by atoms with van der Waals surface area (Å²) in [4.78, 5) is 64.6. The van der Waals surface area contributed by atoms with Gasteiger partial charge in [0.2, 0.25) is 0 Å². The van der Waals surface area contributed by atoms with Crippen LogP contribution in [0.25, 0.3) is 5.65 Å². The molecule has 230 valence electrons. The number of fused-ring (bicyclic) bond motifs is 1. The van der Waals surface area contributed by atoms with E-state index in [-0.39, 0.29) is 28.7 Å². The van der Waals surface area contributed by atoms with Gasteiger partial charge < -0.3 is 9.64 Å². The van der Waals surface area contributed by atoms with Crippen molar-refractivity contribution >= 4 is 29.0 Å². The van der Waals surface area contributed by atoms with Crippen molar-refractivity contribution in [1.29, 1.82) is 0 Å². The van der Waals surface area contributed by atoms with Gasteiger partial charge in [-0.05, 0) is 17.7 Å². The van der Waals surface area contributed by atoms with Crippen LogP contribution in [0.1, 0.15) is 37.9 Å². The zero-order chi connectivity index (χ0) is 32.4. The van der Waals surface area contributed by atoms with E-state index in [9.17, 15) is 19.2 Å². The fourth-order valence-electron chi connectivity index (χ4n) is 6.15. The summed E-state index contributed by atoms with van der Waals surface area (Å²) in [6.07, 6.45) is 1.56. The van der Waals surface area contributed by atoms with Crippen LogP contribution in [-0.4, -0.2) is 53.7 Å². The third kappa shape index (κ3) is 5.20. The van der Waals surface area contributed by atoms with Crippen LogP contribution < -0.4 is 15.8 Å². The molecule has 0 aliphatic carbocycles. The second-order valence-electron chi connectivity index (χ2n) is 11.3. The lowest BCUT2D eigenvalue weighted by molar-refractivity contribution is -0.146. The molecule has 9 heteroatoms. The number of pyridine rings is 1. The van der Waals surface area contributed by atoms with Crippen molar-refractivity contribution in [3.05, 3.63) is 159 Å². The Bertz CT molecular complexity index is 2040. The Morgan fingerprint density at radius 1 is 0.826 bits per heavy atom. The predicted octanol–water partition coefficient (Wildman–Crippen LogP) is 4.62. The number of methoxy groups -OCH3 is 1. The first-order valence-electron chi connectivity index (χ1n) is 14.8. The highest BCUT2D eigenvalue weighted by atomic mass is 16.5. The SMILES string of the molecule is COC(=O)[C@]1(Cc2ccccc2)N[C@H](c2c(N(C)C)nc3ccccn3c2=O)C(C(=O)c2ccccc2)=C1C(=O)c1ccccc1. The number of nitrogens with one attached hydrogen (secondary N) is 1. The first-order chi connectivity index (χ1) is 22.3. The maximum absolute atomic E-state index is 14.7. The summed E-state index contributed by atoms with van der Waals surface area (Å²) in [5.74, 6) is -1.51. The molecule has 0 saturated carbocycles. The van der Waals surface area contributed by atoms with E-state index < -0.39 is 34.7 Å². The van der Waals surface area contributed by atoms with E-state index in [1.54, 1.807) is 104 Å². The number of esters is 1. The van der Waals surface area contributed by atoms with Crippen molar-refractivity contribution in [1.82, 2.24) is 14.7 Å². The molecule has 0 bridgehead atoms. The average Bonchev–Trinajstić information content (AvgIpc) is 3.43. The maximum atomic E-state index is 14.7. The molecule has 2 aromatic heterocycles. The molecule has 9 nitrogen and oxygen atoms in total. The molecular weight excluding hydrogens is 580 g/mol. The number of benzene rings is 3. The third-order valence-electron chi connectivity index (χ3n) is 8.23. The smallest absolute Gasteiger partial charge is 0.331 e. The number of rotatable bonds is 9. The first-order valence-corrected chi connectivity index (χ1v) is 14.8. The van der Waals surface area contributed by atoms with Crippen LogP contribution in [0, 0.1) is 0 Å². The lowest BCUT2D eigenvalue weighted by Crippen LogP contribution is -2.55. The van der Waals surface area contributed by atoms with E-state index in [0.717, 1.165) is 0 Å². The highest BCUT2D eigenvalue weighted by molar-refractivity contribution is 6.23. The van der Waals surface area contributed by atoms with Gasteiger partial charge in [-0.2, -0.15) is 0 Å². The Kier molecular flexibility index (Phi) is 8.17. The molecule has 1 aliphatic heterocycles. The Morgan fingerprint density at radius 3 is 1.98 bits per heavy atom. The van der Waals surface area contributed by atoms with Gasteiger partial charge in [-0.3, -0.25) is 24.1 Å². The Morgan fingerprint density at radius 2 is 1.39 bits per heavy atom. The van der Waals surface area contributed by atoms with E-state index >= 15 is 0 Å². The topological polar surface area (TPSA) is 110 Å². The largest absolute Gasteiger partial charge is 0.467 e. The van der Waals surface area contributed by atoms with Crippen LogP contribution in [-0.2, 0) is 16.0 Å². The summed E-state index contributed by atoms with van der Waals surface area (Å²) in [5.41, 5.74) is -0.574. The minimum absolute atomic E-state index is 0.0146. The van der Waals surface area contributed by atoms with Gasteiger partial charge in [0.15, 0.2) is 17.1 Å². The number of carbonyl (C=O) groups excluding carboxylic acids is 3. The highest BCUT2D eigenvalue weighted by Gasteiger charge is 2.57. The van der Waals surface area contributed by atoms with E-state index in [4.69, 9.17) is 9.72 Å². The summed E-state index contributed by atoms with van der Waals surface area (Å²) >= 11 is 0. The lowest BCUT2D eigenvalue weighted by atomic mass is 9.78. The minimum atomic E-state index is -1.85. The van der Waals surface area contributed by atoms with Gasteiger partial charge >= 0.3 is 5.97 Å². The van der Waals surface area contributed by atoms with Gasteiger partial charge in [-0.25, -0.2) is 9.78 Å². The number of hydrogen-bond donors (Lipinski definition) is 1. The standard InChI is InChI=1S/C37H32N4O5/c1-40(2)34-29(35(44)41-22-14-13-21-27(41)38-34)31-28(32(42)25-17-9-5-10-18-25)30(33(43)26-19-11-6-12-20-26)37(39-31,36(45)46-3)23-24-15-7-4-8-16-24/h4-22,31,39H,23H2,1-3H3/t31-,37+/m0/s1. The summed E-state index contributed by atoms with van der Waals surface area (Å²) in [6, 6.07) is 30.1. The molecule has 0 radical (unpaired) electrons. The molecule has 6 rings (SSSR count). The first kappa shape index (κ1) is 30.4. The second kappa shape index (κ2) is 12.4. The van der Waals surface area contributed by atoms with Crippen molar-refractivity contribution in [3.63, 3.8) is 0 Å². The van der Waals surface area contributed by atoms with Gasteiger partial charge in [-0.1, -0.05) is 97.1 Å². The van der Waals surface area contributed by atoms with E-state index in [2.05, 4.69) is 5.32 Å². The number of ketones is 2. The molecule has 3 heterocycles. The lowest BCUT2D eigenvalue weighted by Gasteiger charge is -2.31. The zero-order valence-electron chi connectivity index (χ0n) is 25.6. The fourth-order valence-corrected chi connectivity index (χ4v) is 6.15. The molecule has 2 atom stereocenters. The van der Waals surface area contributed by atoms with Crippen molar-refractivity contribution in [2.75, 3.05) is 26.1 Å². The summed E-state index contributed by atoms with van der Waals surface area (Å²) in [6.45, 7) is 0. The zero-order valence-corrected chi connectivity index (χ0v) is 25.6. The molecule has 0 saturated heterocycles. The monoisotopic (exact) mass is 612 g/mol. The van der Waals surface area contributed by atoms with Crippen molar-refractivity contribution < 1.29 is 19.1 Å². The van der Waals surface area contributed by atoms with Crippen LogP contribution in [0.4, 0.5) is 5.82 Å². The average molecular weight is 613 g/mol. The van der Waals surface area contributed by atoms with E-state index in [1.165, 1.54) is 11.5 Å². The van der Waals surface area contributed by atoms with E-state index in [1.807, 2.05) is 30.3 Å². The quantitative estimate of drug-likeness (QED) is 0.190. The van der Waals surface area contributed by atoms with Crippen molar-refractivity contribution in [2.24, 2.45) is 0 Å². The van der Waals surface area contributed by atoms with Gasteiger partial charge in [0.1, 0.15) is 11.5 Å². The Hall–Kier alpha value is -5.67. The van der Waals surface area contributed by atoms with Gasteiger partial charge in [0.25, 0.3) is 5.56 Å². The molecule has 5 aromatic rings. The summed E-state index contributed by atoms with van der Waals surface area (Å²) in [7, 11) is 4.73. The van der Waals surface area contributed by atoms with Crippen molar-refractivity contribution in [2.45, 2.75) is 18.0 Å². The minimum Gasteiger partial charge on any atom is -0.467 e. The van der Waals surface area contributed by atoms with Crippen LogP contribution in [0.15, 0.2) is 131 Å². The molecule has 0 fully saturated rings. The Balaban J connectivity index is 1.75. The van der Waals surface area contributed by atoms with Crippen LogP contribution in [0.2, 0.25) is 0 Å². The van der Waals surface area contributed by atoms with Crippen LogP contribution in [0.5, 0.6) is 0 Å². The Labute approximate surface area is 265 Å². The maximum Gasteiger partial charge on any atom is 0.331 e. The van der Waals surface area contributed by atoms with Crippen LogP contribution in [0.3, 0.4) is 0 Å². The predicted molar refractivity (Wildman–Crippen MR) is 175 cm³/mol. The molecule has 1 aliphatic rings. The van der Waals surface area contributed by atoms with Gasteiger partial charge in [0.05, 0.1) is 18.7 Å². The number of Topliss-reactive ketones (excluding diaryl/α,β-unsaturated/α-hetero) is 2. The molecule has 1 N–H and O–H groups in total. The molecule has 3 aromatic carbocycles. The fraction of sp³-hybridized carbons (Fsp3) is 0.162. The molecular formula is C37H32N4O5. The number of ether oxygens (including phenoxy) is 1. The summed E-state index contributed by atoms with van der Waals surface area (Å²) < 4.78 is 6.81. The molecule has 0 amide bonds. The molecule has 0 unspecified atom stereocenters. The normalized spacial score (nSPS) is 17.6. The number of aromatic nitrogens is 2. The molecule has 46 heavy (non-hydrogen) atoms. The second-order valence-corrected chi connectivity index (χ2v) is 11.3.